The number of carbonyl (C=O) groups excluding carboxylic acids is 2. The van der Waals surface area contributed by atoms with E-state index in [1.54, 1.807) is 0 Å². The Morgan fingerprint density at radius 1 is 0.542 bits per heavy atom. The van der Waals surface area contributed by atoms with E-state index < -0.39 is 5.97 Å². The van der Waals surface area contributed by atoms with Crippen molar-refractivity contribution in [1.82, 2.24) is 5.32 Å². The van der Waals surface area contributed by atoms with Crippen molar-refractivity contribution in [2.24, 2.45) is 0 Å². The number of ether oxygens (including phenoxy) is 1. The third-order valence-corrected chi connectivity index (χ3v) is 9.11. The Morgan fingerprint density at radius 3 is 1.52 bits per heavy atom. The Kier molecular flexibility index (Phi) is 36.0. The lowest BCUT2D eigenvalue weighted by molar-refractivity contribution is -0.150. The molecule has 0 saturated carbocycles. The molecular formula is C42H77NO5. The molecule has 280 valence electrons. The van der Waals surface area contributed by atoms with Crippen LogP contribution in [0.2, 0.25) is 0 Å². The zero-order chi connectivity index (χ0) is 35.2. The van der Waals surface area contributed by atoms with E-state index in [-0.39, 0.29) is 24.5 Å². The number of carbonyl (C=O) groups is 3. The minimum Gasteiger partial charge on any atom is -0.480 e. The predicted octanol–water partition coefficient (Wildman–Crippen LogP) is 12.3. The first-order chi connectivity index (χ1) is 23.5. The number of rotatable bonds is 37. The maximum Gasteiger partial charge on any atom is 0.322 e. The van der Waals surface area contributed by atoms with E-state index in [4.69, 9.17) is 9.84 Å². The summed E-state index contributed by atoms with van der Waals surface area (Å²) in [6.45, 7) is 4.17. The van der Waals surface area contributed by atoms with Crippen LogP contribution >= 0.6 is 0 Å². The fourth-order valence-corrected chi connectivity index (χ4v) is 6.08. The largest absolute Gasteiger partial charge is 0.480 e. The number of carboxylic acid groups (broad SMARTS) is 1. The Morgan fingerprint density at radius 2 is 1.00 bits per heavy atom. The van der Waals surface area contributed by atoms with Gasteiger partial charge in [-0.3, -0.25) is 14.4 Å². The van der Waals surface area contributed by atoms with Crippen molar-refractivity contribution >= 4 is 17.8 Å². The third kappa shape index (κ3) is 36.7. The van der Waals surface area contributed by atoms with E-state index in [1.165, 1.54) is 109 Å². The lowest BCUT2D eigenvalue weighted by Crippen LogP contribution is -2.28. The van der Waals surface area contributed by atoms with Crippen molar-refractivity contribution in [3.8, 4) is 0 Å². The molecule has 6 heteroatoms. The molecule has 0 bridgehead atoms. The van der Waals surface area contributed by atoms with E-state index in [2.05, 4.69) is 43.5 Å². The van der Waals surface area contributed by atoms with Crippen molar-refractivity contribution in [3.05, 3.63) is 24.3 Å². The molecule has 0 aliphatic heterocycles. The molecular weight excluding hydrogens is 598 g/mol. The standard InChI is InChI=1S/C42H77NO5/c1-3-5-7-9-11-13-15-17-19-21-23-26-30-34-39(35-31-27-25-28-32-36-40(44)43-38-41(45)46)48-42(47)37-33-29-24-22-20-18-16-14-12-10-8-6-4-2/h8,10,14,16,39H,3-7,9,11-13,15,17-38H2,1-2H3,(H,43,44)(H,45,46)/b10-8-,16-14-. The summed E-state index contributed by atoms with van der Waals surface area (Å²) >= 11 is 0. The molecule has 6 nitrogen and oxygen atoms in total. The van der Waals surface area contributed by atoms with Crippen LogP contribution in [0, 0.1) is 0 Å². The highest BCUT2D eigenvalue weighted by Gasteiger charge is 2.14. The molecule has 0 fully saturated rings. The van der Waals surface area contributed by atoms with Gasteiger partial charge in [-0.25, -0.2) is 0 Å². The fourth-order valence-electron chi connectivity index (χ4n) is 6.08. The molecule has 0 aromatic rings. The van der Waals surface area contributed by atoms with Crippen LogP contribution < -0.4 is 5.32 Å². The second kappa shape index (κ2) is 37.7. The van der Waals surface area contributed by atoms with Crippen LogP contribution in [-0.4, -0.2) is 35.6 Å². The molecule has 1 unspecified atom stereocenters. The van der Waals surface area contributed by atoms with Crippen LogP contribution in [0.25, 0.3) is 0 Å². The van der Waals surface area contributed by atoms with Gasteiger partial charge in [-0.2, -0.15) is 0 Å². The number of hydrogen-bond donors (Lipinski definition) is 2. The van der Waals surface area contributed by atoms with Gasteiger partial charge in [-0.05, 0) is 64.2 Å². The Balaban J connectivity index is 4.19. The quantitative estimate of drug-likeness (QED) is 0.0388. The number of esters is 1. The summed E-state index contributed by atoms with van der Waals surface area (Å²) in [5.41, 5.74) is 0. The van der Waals surface area contributed by atoms with E-state index in [1.807, 2.05) is 0 Å². The molecule has 0 aromatic heterocycles. The second-order valence-corrected chi connectivity index (χ2v) is 13.9. The molecule has 0 aliphatic rings. The van der Waals surface area contributed by atoms with Gasteiger partial charge in [-0.1, -0.05) is 160 Å². The monoisotopic (exact) mass is 676 g/mol. The molecule has 1 amide bonds. The number of unbranched alkanes of at least 4 members (excludes halogenated alkanes) is 22. The topological polar surface area (TPSA) is 92.7 Å². The van der Waals surface area contributed by atoms with Gasteiger partial charge in [0.05, 0.1) is 0 Å². The van der Waals surface area contributed by atoms with Gasteiger partial charge in [0.25, 0.3) is 0 Å². The summed E-state index contributed by atoms with van der Waals surface area (Å²) in [7, 11) is 0. The van der Waals surface area contributed by atoms with Crippen molar-refractivity contribution in [1.29, 1.82) is 0 Å². The summed E-state index contributed by atoms with van der Waals surface area (Å²) < 4.78 is 6.02. The summed E-state index contributed by atoms with van der Waals surface area (Å²) in [5.74, 6) is -1.24. The summed E-state index contributed by atoms with van der Waals surface area (Å²) in [6, 6.07) is 0. The van der Waals surface area contributed by atoms with E-state index in [9.17, 15) is 14.4 Å². The number of carboxylic acids is 1. The van der Waals surface area contributed by atoms with Crippen LogP contribution in [-0.2, 0) is 19.1 Å². The molecule has 0 spiro atoms. The van der Waals surface area contributed by atoms with Gasteiger partial charge < -0.3 is 15.2 Å². The normalized spacial score (nSPS) is 12.2. The van der Waals surface area contributed by atoms with Gasteiger partial charge in [-0.15, -0.1) is 0 Å². The zero-order valence-corrected chi connectivity index (χ0v) is 31.6. The number of allylic oxidation sites excluding steroid dienone is 4. The highest BCUT2D eigenvalue weighted by molar-refractivity contribution is 5.80. The lowest BCUT2D eigenvalue weighted by atomic mass is 10.0. The molecule has 0 aliphatic carbocycles. The maximum atomic E-state index is 12.7. The minimum atomic E-state index is -1.02. The zero-order valence-electron chi connectivity index (χ0n) is 31.6. The molecule has 0 radical (unpaired) electrons. The molecule has 0 aromatic carbocycles. The Bertz CT molecular complexity index is 793. The number of amides is 1. The molecule has 0 heterocycles. The smallest absolute Gasteiger partial charge is 0.322 e. The van der Waals surface area contributed by atoms with Gasteiger partial charge in [0.1, 0.15) is 12.6 Å². The molecule has 2 N–H and O–H groups in total. The van der Waals surface area contributed by atoms with Gasteiger partial charge in [0, 0.05) is 12.8 Å². The number of nitrogens with one attached hydrogen (secondary N) is 1. The Labute approximate surface area is 296 Å². The molecule has 0 saturated heterocycles. The summed E-state index contributed by atoms with van der Waals surface area (Å²) in [5, 5.41) is 11.1. The van der Waals surface area contributed by atoms with Crippen LogP contribution in [0.4, 0.5) is 0 Å². The highest BCUT2D eigenvalue weighted by atomic mass is 16.5. The van der Waals surface area contributed by atoms with E-state index >= 15 is 0 Å². The van der Waals surface area contributed by atoms with Crippen molar-refractivity contribution in [2.45, 2.75) is 219 Å². The second-order valence-electron chi connectivity index (χ2n) is 13.9. The first-order valence-electron chi connectivity index (χ1n) is 20.5. The number of hydrogen-bond acceptors (Lipinski definition) is 4. The van der Waals surface area contributed by atoms with Crippen LogP contribution in [0.3, 0.4) is 0 Å². The molecule has 48 heavy (non-hydrogen) atoms. The van der Waals surface area contributed by atoms with Gasteiger partial charge >= 0.3 is 11.9 Å². The molecule has 0 rings (SSSR count). The molecule has 1 atom stereocenters. The van der Waals surface area contributed by atoms with Gasteiger partial charge in [0.2, 0.25) is 5.91 Å². The average molecular weight is 676 g/mol. The van der Waals surface area contributed by atoms with Crippen molar-refractivity contribution < 1.29 is 24.2 Å². The summed E-state index contributed by atoms with van der Waals surface area (Å²) in [4.78, 5) is 35.0. The predicted molar refractivity (Wildman–Crippen MR) is 203 cm³/mol. The van der Waals surface area contributed by atoms with Crippen LogP contribution in [0.5, 0.6) is 0 Å². The van der Waals surface area contributed by atoms with Gasteiger partial charge in [0.15, 0.2) is 0 Å². The number of aliphatic carboxylic acids is 1. The van der Waals surface area contributed by atoms with E-state index in [0.717, 1.165) is 77.0 Å². The SMILES string of the molecule is CCC/C=C\C/C=C\CCCCCCCC(=O)OC(CCCCCCCCCCCCCCC)CCCCCCCC(=O)NCC(=O)O. The first kappa shape index (κ1) is 45.9. The third-order valence-electron chi connectivity index (χ3n) is 9.11. The van der Waals surface area contributed by atoms with Crippen molar-refractivity contribution in [2.75, 3.05) is 6.54 Å². The van der Waals surface area contributed by atoms with Crippen LogP contribution in [0.15, 0.2) is 24.3 Å². The minimum absolute atomic E-state index is 0.0237. The average Bonchev–Trinajstić information content (AvgIpc) is 3.07. The maximum absolute atomic E-state index is 12.7. The first-order valence-corrected chi connectivity index (χ1v) is 20.5. The van der Waals surface area contributed by atoms with Crippen LogP contribution in [0.1, 0.15) is 213 Å². The van der Waals surface area contributed by atoms with E-state index in [0.29, 0.717) is 12.8 Å². The summed E-state index contributed by atoms with van der Waals surface area (Å²) in [6.07, 6.45) is 44.4. The lowest BCUT2D eigenvalue weighted by Gasteiger charge is -2.18. The fraction of sp³-hybridized carbons (Fsp3) is 0.833. The Hall–Kier alpha value is -2.11. The highest BCUT2D eigenvalue weighted by Crippen LogP contribution is 2.19. The van der Waals surface area contributed by atoms with Crippen molar-refractivity contribution in [3.63, 3.8) is 0 Å².